The lowest BCUT2D eigenvalue weighted by Gasteiger charge is -2.34. The van der Waals surface area contributed by atoms with Gasteiger partial charge in [-0.25, -0.2) is 0 Å². The summed E-state index contributed by atoms with van der Waals surface area (Å²) in [5, 5.41) is 6.79. The van der Waals surface area contributed by atoms with Gasteiger partial charge in [0.1, 0.15) is 0 Å². The molecule has 0 unspecified atom stereocenters. The molecule has 0 aromatic heterocycles. The zero-order chi connectivity index (χ0) is 13.6. The first-order valence-corrected chi connectivity index (χ1v) is 7.74. The zero-order valence-electron chi connectivity index (χ0n) is 12.0. The molecule has 1 aromatic carbocycles. The Balaban J connectivity index is 1.43. The number of aliphatic imine (C=N–C) groups is 1. The van der Waals surface area contributed by atoms with Crippen LogP contribution in [0.2, 0.25) is 0 Å². The van der Waals surface area contributed by atoms with Crippen molar-refractivity contribution in [2.45, 2.75) is 19.3 Å². The van der Waals surface area contributed by atoms with E-state index in [0.717, 1.165) is 51.0 Å². The molecule has 1 aromatic rings. The van der Waals surface area contributed by atoms with Crippen LogP contribution in [0.3, 0.4) is 0 Å². The topological polar surface area (TPSA) is 39.7 Å². The third-order valence-electron chi connectivity index (χ3n) is 4.19. The second-order valence-corrected chi connectivity index (χ2v) is 5.66. The number of guanidine groups is 1. The summed E-state index contributed by atoms with van der Waals surface area (Å²) >= 11 is 0. The molecule has 2 N–H and O–H groups in total. The fourth-order valence-corrected chi connectivity index (χ4v) is 2.93. The highest BCUT2D eigenvalue weighted by Gasteiger charge is 2.19. The molecule has 1 saturated heterocycles. The first kappa shape index (κ1) is 13.3. The monoisotopic (exact) mass is 272 g/mol. The zero-order valence-corrected chi connectivity index (χ0v) is 12.0. The van der Waals surface area contributed by atoms with Gasteiger partial charge < -0.3 is 15.5 Å². The molecule has 0 bridgehead atoms. The van der Waals surface area contributed by atoms with E-state index in [-0.39, 0.29) is 0 Å². The molecule has 0 spiro atoms. The summed E-state index contributed by atoms with van der Waals surface area (Å²) in [5.74, 6) is 1.77. The van der Waals surface area contributed by atoms with Crippen LogP contribution in [0, 0.1) is 5.92 Å². The van der Waals surface area contributed by atoms with Gasteiger partial charge in [0, 0.05) is 38.4 Å². The van der Waals surface area contributed by atoms with Crippen LogP contribution in [0.4, 0.5) is 5.69 Å². The van der Waals surface area contributed by atoms with Crippen molar-refractivity contribution < 1.29 is 0 Å². The van der Waals surface area contributed by atoms with Crippen molar-refractivity contribution in [3.63, 3.8) is 0 Å². The fraction of sp³-hybridized carbons (Fsp3) is 0.562. The number of benzene rings is 1. The predicted molar refractivity (Wildman–Crippen MR) is 84.3 cm³/mol. The van der Waals surface area contributed by atoms with Crippen LogP contribution in [-0.4, -0.2) is 38.7 Å². The van der Waals surface area contributed by atoms with E-state index in [1.54, 1.807) is 0 Å². The number of anilines is 1. The first-order chi connectivity index (χ1) is 9.92. The van der Waals surface area contributed by atoms with Crippen LogP contribution in [0.1, 0.15) is 19.3 Å². The van der Waals surface area contributed by atoms with Crippen molar-refractivity contribution in [1.82, 2.24) is 10.6 Å². The average molecular weight is 272 g/mol. The molecule has 4 nitrogen and oxygen atoms in total. The van der Waals surface area contributed by atoms with Crippen molar-refractivity contribution in [3.8, 4) is 0 Å². The summed E-state index contributed by atoms with van der Waals surface area (Å²) in [7, 11) is 0. The Bertz CT molecular complexity index is 435. The number of para-hydroxylation sites is 1. The van der Waals surface area contributed by atoms with Gasteiger partial charge in [-0.3, -0.25) is 4.99 Å². The van der Waals surface area contributed by atoms with Crippen molar-refractivity contribution in [2.24, 2.45) is 10.9 Å². The molecular formula is C16H24N4. The third kappa shape index (κ3) is 3.44. The normalized spacial score (nSPS) is 20.2. The highest BCUT2D eigenvalue weighted by Crippen LogP contribution is 2.22. The number of nitrogens with one attached hydrogen (secondary N) is 2. The van der Waals surface area contributed by atoms with E-state index in [1.807, 2.05) is 0 Å². The Labute approximate surface area is 121 Å². The standard InChI is InChI=1S/C16H24N4/c1-2-5-15(6-3-1)20-11-7-14(8-12-20)13-19-16-17-9-4-10-18-16/h1-3,5-6,14H,4,7-13H2,(H2,17,18,19). The van der Waals surface area contributed by atoms with Gasteiger partial charge in [-0.05, 0) is 37.3 Å². The lowest BCUT2D eigenvalue weighted by molar-refractivity contribution is 0.400. The number of hydrogen-bond acceptors (Lipinski definition) is 4. The molecule has 2 aliphatic heterocycles. The summed E-state index contributed by atoms with van der Waals surface area (Å²) in [5.41, 5.74) is 1.36. The summed E-state index contributed by atoms with van der Waals surface area (Å²) in [6.07, 6.45) is 3.67. The van der Waals surface area contributed by atoms with E-state index in [2.05, 4.69) is 50.9 Å². The van der Waals surface area contributed by atoms with Crippen molar-refractivity contribution >= 4 is 11.6 Å². The maximum atomic E-state index is 4.46. The van der Waals surface area contributed by atoms with Crippen LogP contribution >= 0.6 is 0 Å². The van der Waals surface area contributed by atoms with Crippen LogP contribution in [-0.2, 0) is 0 Å². The minimum Gasteiger partial charge on any atom is -0.372 e. The Hall–Kier alpha value is -1.71. The Kier molecular flexibility index (Phi) is 4.41. The van der Waals surface area contributed by atoms with Crippen LogP contribution < -0.4 is 15.5 Å². The maximum Gasteiger partial charge on any atom is 0.191 e. The molecule has 20 heavy (non-hydrogen) atoms. The second-order valence-electron chi connectivity index (χ2n) is 5.66. The minimum atomic E-state index is 0.765. The summed E-state index contributed by atoms with van der Waals surface area (Å²) in [6.45, 7) is 5.39. The molecule has 108 valence electrons. The van der Waals surface area contributed by atoms with Crippen LogP contribution in [0.5, 0.6) is 0 Å². The molecule has 2 aliphatic rings. The van der Waals surface area contributed by atoms with Gasteiger partial charge >= 0.3 is 0 Å². The Morgan fingerprint density at radius 2 is 2.00 bits per heavy atom. The quantitative estimate of drug-likeness (QED) is 0.882. The Morgan fingerprint density at radius 1 is 1.20 bits per heavy atom. The summed E-state index contributed by atoms with van der Waals surface area (Å²) < 4.78 is 0. The van der Waals surface area contributed by atoms with Gasteiger partial charge in [-0.2, -0.15) is 0 Å². The molecular weight excluding hydrogens is 248 g/mol. The van der Waals surface area contributed by atoms with Gasteiger partial charge in [0.2, 0.25) is 0 Å². The highest BCUT2D eigenvalue weighted by molar-refractivity contribution is 5.80. The second kappa shape index (κ2) is 6.64. The van der Waals surface area contributed by atoms with Gasteiger partial charge in [0.25, 0.3) is 0 Å². The van der Waals surface area contributed by atoms with E-state index < -0.39 is 0 Å². The van der Waals surface area contributed by atoms with E-state index in [9.17, 15) is 0 Å². The smallest absolute Gasteiger partial charge is 0.191 e. The number of hydrogen-bond donors (Lipinski definition) is 2. The third-order valence-corrected chi connectivity index (χ3v) is 4.19. The van der Waals surface area contributed by atoms with Crippen molar-refractivity contribution in [3.05, 3.63) is 30.3 Å². The number of nitrogens with zero attached hydrogens (tertiary/aromatic N) is 2. The molecule has 4 heteroatoms. The number of piperidine rings is 1. The van der Waals surface area contributed by atoms with E-state index in [0.29, 0.717) is 0 Å². The van der Waals surface area contributed by atoms with Gasteiger partial charge in [-0.15, -0.1) is 0 Å². The molecule has 1 fully saturated rings. The molecule has 0 radical (unpaired) electrons. The maximum absolute atomic E-state index is 4.46. The summed E-state index contributed by atoms with van der Waals surface area (Å²) in [4.78, 5) is 6.95. The van der Waals surface area contributed by atoms with Crippen molar-refractivity contribution in [1.29, 1.82) is 0 Å². The van der Waals surface area contributed by atoms with Gasteiger partial charge in [0.15, 0.2) is 5.96 Å². The van der Waals surface area contributed by atoms with E-state index in [4.69, 9.17) is 0 Å². The van der Waals surface area contributed by atoms with Crippen molar-refractivity contribution in [2.75, 3.05) is 37.6 Å². The fourth-order valence-electron chi connectivity index (χ4n) is 2.93. The molecule has 0 saturated carbocycles. The molecule has 0 aliphatic carbocycles. The van der Waals surface area contributed by atoms with Gasteiger partial charge in [0.05, 0.1) is 0 Å². The lowest BCUT2D eigenvalue weighted by atomic mass is 9.96. The molecule has 2 heterocycles. The van der Waals surface area contributed by atoms with E-state index >= 15 is 0 Å². The largest absolute Gasteiger partial charge is 0.372 e. The molecule has 3 rings (SSSR count). The molecule has 0 amide bonds. The molecule has 0 atom stereocenters. The van der Waals surface area contributed by atoms with E-state index in [1.165, 1.54) is 18.5 Å². The predicted octanol–water partition coefficient (Wildman–Crippen LogP) is 1.84. The Morgan fingerprint density at radius 3 is 2.70 bits per heavy atom. The SMILES string of the molecule is c1ccc(N2CCC(CNC3=NCCCN3)CC2)cc1. The minimum absolute atomic E-state index is 0.765. The number of rotatable bonds is 3. The van der Waals surface area contributed by atoms with Gasteiger partial charge in [-0.1, -0.05) is 18.2 Å². The highest BCUT2D eigenvalue weighted by atomic mass is 15.2. The van der Waals surface area contributed by atoms with Crippen LogP contribution in [0.15, 0.2) is 35.3 Å². The first-order valence-electron chi connectivity index (χ1n) is 7.74. The average Bonchev–Trinajstić information content (AvgIpc) is 2.55. The summed E-state index contributed by atoms with van der Waals surface area (Å²) in [6, 6.07) is 10.7. The lowest BCUT2D eigenvalue weighted by Crippen LogP contribution is -2.44. The van der Waals surface area contributed by atoms with Crippen LogP contribution in [0.25, 0.3) is 0 Å².